The van der Waals surface area contributed by atoms with Crippen LogP contribution < -0.4 is 5.48 Å². The van der Waals surface area contributed by atoms with E-state index < -0.39 is 40.5 Å². The molecule has 3 heterocycles. The molecule has 0 spiro atoms. The molecule has 0 aromatic carbocycles. The minimum absolute atomic E-state index is 0.00896. The van der Waals surface area contributed by atoms with Crippen molar-refractivity contribution < 1.29 is 41.6 Å². The number of hydrogen-bond acceptors (Lipinski definition) is 9. The lowest BCUT2D eigenvalue weighted by Crippen LogP contribution is -2.45. The summed E-state index contributed by atoms with van der Waals surface area (Å²) in [5.74, 6) is -1.73. The number of aliphatic imine (C=N–C) groups is 1. The lowest BCUT2D eigenvalue weighted by atomic mass is 9.97. The number of hydroxylamine groups is 3. The normalized spacial score (nSPS) is 20.6. The Balaban J connectivity index is 1.82. The van der Waals surface area contributed by atoms with Gasteiger partial charge in [-0.2, -0.15) is 18.6 Å². The van der Waals surface area contributed by atoms with Crippen LogP contribution in [0.25, 0.3) is 0 Å². The number of carbonyl (C=O) groups excluding carboxylic acids is 2. The molecule has 1 saturated heterocycles. The Morgan fingerprint density at radius 2 is 2.10 bits per heavy atom. The van der Waals surface area contributed by atoms with Crippen LogP contribution in [0.2, 0.25) is 0 Å². The highest BCUT2D eigenvalue weighted by atomic mass is 32.3. The maximum absolute atomic E-state index is 12.8. The van der Waals surface area contributed by atoms with E-state index in [9.17, 15) is 22.8 Å². The number of rotatable bonds is 7. The standard InChI is InChI=1S/C15H20N6O9S/c1-16-14(18-29-11(24)5-3-4-10(22)23)13-12-8(6-17-19(12)2)9-7-20(13)15(25)21(9)30-31(26,27)28/h6,9,13H,3-5,7H2,1-2H3,(H,16,18)(H,22,23)(H,26,27,28)/t9-,13-/m0/s1. The highest BCUT2D eigenvalue weighted by Gasteiger charge is 2.53. The quantitative estimate of drug-likeness (QED) is 0.202. The van der Waals surface area contributed by atoms with Gasteiger partial charge in [0.15, 0.2) is 5.84 Å². The molecule has 3 rings (SSSR count). The number of nitrogens with zero attached hydrogens (tertiary/aromatic N) is 5. The number of hydrogen-bond donors (Lipinski definition) is 3. The van der Waals surface area contributed by atoms with Gasteiger partial charge in [-0.05, 0) is 6.42 Å². The van der Waals surface area contributed by atoms with Gasteiger partial charge in [-0.3, -0.25) is 19.0 Å². The Morgan fingerprint density at radius 3 is 2.71 bits per heavy atom. The van der Waals surface area contributed by atoms with Gasteiger partial charge in [0.1, 0.15) is 12.1 Å². The minimum atomic E-state index is -4.96. The summed E-state index contributed by atoms with van der Waals surface area (Å²) in [6.07, 6.45) is 1.16. The molecule has 0 radical (unpaired) electrons. The first kappa shape index (κ1) is 22.4. The summed E-state index contributed by atoms with van der Waals surface area (Å²) in [6.45, 7) is -0.00896. The molecule has 2 amide bonds. The Labute approximate surface area is 176 Å². The monoisotopic (exact) mass is 460 g/mol. The van der Waals surface area contributed by atoms with Gasteiger partial charge in [-0.1, -0.05) is 0 Å². The summed E-state index contributed by atoms with van der Waals surface area (Å²) < 4.78 is 37.3. The third-order valence-electron chi connectivity index (χ3n) is 4.75. The van der Waals surface area contributed by atoms with E-state index in [1.165, 1.54) is 22.8 Å². The largest absolute Gasteiger partial charge is 0.481 e. The van der Waals surface area contributed by atoms with E-state index in [0.717, 1.165) is 0 Å². The number of aryl methyl sites for hydroxylation is 1. The highest BCUT2D eigenvalue weighted by molar-refractivity contribution is 7.80. The molecule has 15 nitrogen and oxygen atoms in total. The molecule has 2 atom stereocenters. The highest BCUT2D eigenvalue weighted by Crippen LogP contribution is 2.44. The molecule has 3 N–H and O–H groups in total. The number of carboxylic acids is 1. The maximum atomic E-state index is 12.8. The lowest BCUT2D eigenvalue weighted by Gasteiger charge is -2.31. The van der Waals surface area contributed by atoms with Crippen LogP contribution in [-0.2, 0) is 36.2 Å². The van der Waals surface area contributed by atoms with Crippen LogP contribution in [0.15, 0.2) is 11.2 Å². The summed E-state index contributed by atoms with van der Waals surface area (Å²) in [4.78, 5) is 45.4. The van der Waals surface area contributed by atoms with Crippen LogP contribution in [0.3, 0.4) is 0 Å². The predicted octanol–water partition coefficient (Wildman–Crippen LogP) is -0.681. The molecule has 2 bridgehead atoms. The second-order valence-corrected chi connectivity index (χ2v) is 7.73. The number of aliphatic carboxylic acids is 1. The van der Waals surface area contributed by atoms with Crippen LogP contribution in [0.4, 0.5) is 4.79 Å². The third-order valence-corrected chi connectivity index (χ3v) is 5.10. The molecule has 2 aliphatic rings. The van der Waals surface area contributed by atoms with Gasteiger partial charge in [-0.15, -0.1) is 4.28 Å². The number of aromatic nitrogens is 2. The van der Waals surface area contributed by atoms with Gasteiger partial charge in [0.2, 0.25) is 0 Å². The van der Waals surface area contributed by atoms with E-state index >= 15 is 0 Å². The summed E-state index contributed by atoms with van der Waals surface area (Å²) in [6, 6.07) is -2.65. The van der Waals surface area contributed by atoms with Gasteiger partial charge in [-0.25, -0.2) is 15.1 Å². The maximum Gasteiger partial charge on any atom is 0.418 e. The zero-order valence-corrected chi connectivity index (χ0v) is 17.3. The van der Waals surface area contributed by atoms with Crippen LogP contribution >= 0.6 is 0 Å². The summed E-state index contributed by atoms with van der Waals surface area (Å²) >= 11 is 0. The zero-order valence-electron chi connectivity index (χ0n) is 16.5. The number of urea groups is 1. The van der Waals surface area contributed by atoms with Crippen molar-refractivity contribution in [3.05, 3.63) is 17.5 Å². The van der Waals surface area contributed by atoms with Crippen LogP contribution in [0.1, 0.15) is 42.6 Å². The van der Waals surface area contributed by atoms with Crippen molar-refractivity contribution in [2.45, 2.75) is 31.3 Å². The summed E-state index contributed by atoms with van der Waals surface area (Å²) in [7, 11) is -1.98. The lowest BCUT2D eigenvalue weighted by molar-refractivity contribution is -0.148. The molecule has 0 aliphatic carbocycles. The van der Waals surface area contributed by atoms with Gasteiger partial charge >= 0.3 is 28.4 Å². The van der Waals surface area contributed by atoms with Crippen molar-refractivity contribution in [3.8, 4) is 0 Å². The van der Waals surface area contributed by atoms with Gasteiger partial charge in [0.25, 0.3) is 0 Å². The Morgan fingerprint density at radius 1 is 1.39 bits per heavy atom. The van der Waals surface area contributed by atoms with Crippen LogP contribution in [0, 0.1) is 0 Å². The van der Waals surface area contributed by atoms with Gasteiger partial charge in [0.05, 0.1) is 18.4 Å². The van der Waals surface area contributed by atoms with Crippen molar-refractivity contribution >= 4 is 34.2 Å². The summed E-state index contributed by atoms with van der Waals surface area (Å²) in [5, 5.41) is 13.3. The van der Waals surface area contributed by atoms with Gasteiger partial charge < -0.3 is 14.8 Å². The van der Waals surface area contributed by atoms with Crippen molar-refractivity contribution in [1.82, 2.24) is 25.2 Å². The number of amidine groups is 1. The second kappa shape index (κ2) is 8.48. The molecule has 31 heavy (non-hydrogen) atoms. The molecule has 0 saturated carbocycles. The van der Waals surface area contributed by atoms with E-state index in [1.807, 2.05) is 0 Å². The average Bonchev–Trinajstić information content (AvgIpc) is 3.17. The fourth-order valence-electron chi connectivity index (χ4n) is 3.47. The fraction of sp³-hybridized carbons (Fsp3) is 0.533. The molecule has 0 unspecified atom stereocenters. The van der Waals surface area contributed by atoms with Crippen LogP contribution in [-0.4, -0.2) is 75.2 Å². The average molecular weight is 460 g/mol. The fourth-order valence-corrected chi connectivity index (χ4v) is 3.84. The van der Waals surface area contributed by atoms with E-state index in [-0.39, 0.29) is 31.6 Å². The SMILES string of the molecule is CN=C(NOC(=O)CCCC(=O)O)[C@@H]1c2c(cnn2C)[C@@H]2CN1C(=O)N2OS(=O)(=O)O. The molecule has 1 aromatic rings. The number of amides is 2. The first-order valence-electron chi connectivity index (χ1n) is 8.96. The topological polar surface area (TPSA) is 193 Å². The number of nitrogens with one attached hydrogen (secondary N) is 1. The smallest absolute Gasteiger partial charge is 0.418 e. The van der Waals surface area contributed by atoms with Crippen molar-refractivity contribution in [1.29, 1.82) is 0 Å². The van der Waals surface area contributed by atoms with E-state index in [2.05, 4.69) is 19.9 Å². The third kappa shape index (κ3) is 4.59. The number of fused-ring (bicyclic) bond motifs is 4. The molecular weight excluding hydrogens is 440 g/mol. The van der Waals surface area contributed by atoms with Gasteiger partial charge in [0, 0.05) is 32.5 Å². The zero-order chi connectivity index (χ0) is 22.9. The number of carbonyl (C=O) groups is 3. The first-order chi connectivity index (χ1) is 14.5. The first-order valence-corrected chi connectivity index (χ1v) is 10.3. The minimum Gasteiger partial charge on any atom is -0.481 e. The van der Waals surface area contributed by atoms with Crippen molar-refractivity contribution in [2.24, 2.45) is 12.0 Å². The Kier molecular flexibility index (Phi) is 6.14. The Hall–Kier alpha value is -3.24. The molecule has 1 aromatic heterocycles. The second-order valence-electron chi connectivity index (χ2n) is 6.72. The van der Waals surface area contributed by atoms with E-state index in [4.69, 9.17) is 14.5 Å². The van der Waals surface area contributed by atoms with Crippen LogP contribution in [0.5, 0.6) is 0 Å². The molecule has 170 valence electrons. The van der Waals surface area contributed by atoms with Crippen molar-refractivity contribution in [2.75, 3.05) is 13.6 Å². The van der Waals surface area contributed by atoms with E-state index in [0.29, 0.717) is 16.3 Å². The number of carboxylic acid groups (broad SMARTS) is 1. The van der Waals surface area contributed by atoms with Crippen molar-refractivity contribution in [3.63, 3.8) is 0 Å². The molecule has 16 heteroatoms. The molecule has 2 aliphatic heterocycles. The molecular formula is C15H20N6O9S. The Bertz CT molecular complexity index is 1040. The van der Waals surface area contributed by atoms with E-state index in [1.54, 1.807) is 7.05 Å². The molecule has 1 fully saturated rings. The predicted molar refractivity (Wildman–Crippen MR) is 99.3 cm³/mol. The summed E-state index contributed by atoms with van der Waals surface area (Å²) in [5.41, 5.74) is 3.30.